The summed E-state index contributed by atoms with van der Waals surface area (Å²) in [7, 11) is 0.0445. The first-order chi connectivity index (χ1) is 14.6. The molecule has 1 fully saturated rings. The summed E-state index contributed by atoms with van der Waals surface area (Å²) in [5, 5.41) is 5.00. The smallest absolute Gasteiger partial charge is 0.251 e. The van der Waals surface area contributed by atoms with Crippen LogP contribution < -0.4 is 5.32 Å². The molecule has 1 saturated heterocycles. The predicted octanol–water partition coefficient (Wildman–Crippen LogP) is 3.23. The van der Waals surface area contributed by atoms with Crippen LogP contribution in [0, 0.1) is 0 Å². The number of carbonyl (C=O) groups excluding carboxylic acids is 1. The first-order valence-corrected chi connectivity index (χ1v) is 12.7. The van der Waals surface area contributed by atoms with E-state index in [0.717, 1.165) is 4.88 Å². The highest BCUT2D eigenvalue weighted by Gasteiger charge is 2.34. The number of rotatable bonds is 7. The Morgan fingerprint density at radius 1 is 1.29 bits per heavy atom. The molecular formula is C21H28ClN3O4S2. The van der Waals surface area contributed by atoms with E-state index in [-0.39, 0.29) is 52.7 Å². The molecule has 2 heterocycles. The normalized spacial score (nSPS) is 21.2. The number of nitrogens with one attached hydrogen (secondary N) is 1. The summed E-state index contributed by atoms with van der Waals surface area (Å²) in [4.78, 5) is 15.9. The summed E-state index contributed by atoms with van der Waals surface area (Å²) in [5.41, 5.74) is 0.251. The number of carbonyl (C=O) groups is 1. The Hall–Kier alpha value is -1.49. The Kier molecular flexibility index (Phi) is 7.77. The standard InChI is InChI=1S/C21H28ClN3O4S2/c1-14-12-25(13-15(2)29-14)31(27,28)20-10-16(7-8-17(20)22)21(26)23-11-18(24(3)4)19-6-5-9-30-19/h5-10,14-15,18H,11-13H2,1-4H3,(H,23,26)/t14-,15-,18+/m1/s1. The van der Waals surface area contributed by atoms with Gasteiger partial charge in [0.25, 0.3) is 5.91 Å². The van der Waals surface area contributed by atoms with Gasteiger partial charge in [0.05, 0.1) is 23.3 Å². The summed E-state index contributed by atoms with van der Waals surface area (Å²) in [6.07, 6.45) is -0.437. The summed E-state index contributed by atoms with van der Waals surface area (Å²) in [5.74, 6) is -0.347. The highest BCUT2D eigenvalue weighted by Crippen LogP contribution is 2.28. The zero-order chi connectivity index (χ0) is 22.8. The monoisotopic (exact) mass is 485 g/mol. The molecule has 3 rings (SSSR count). The number of thiophene rings is 1. The third-order valence-electron chi connectivity index (χ3n) is 5.15. The molecule has 3 atom stereocenters. The number of halogens is 1. The Bertz CT molecular complexity index is 1000. The second-order valence-electron chi connectivity index (χ2n) is 7.93. The molecule has 0 bridgehead atoms. The average molecular weight is 486 g/mol. The number of amides is 1. The predicted molar refractivity (Wildman–Crippen MR) is 123 cm³/mol. The van der Waals surface area contributed by atoms with Crippen LogP contribution in [0.4, 0.5) is 0 Å². The van der Waals surface area contributed by atoms with Crippen molar-refractivity contribution in [3.63, 3.8) is 0 Å². The molecule has 0 radical (unpaired) electrons. The number of morpholine rings is 1. The maximum Gasteiger partial charge on any atom is 0.251 e. The Labute approximate surface area is 193 Å². The molecule has 2 aromatic rings. The molecule has 0 unspecified atom stereocenters. The maximum absolute atomic E-state index is 13.2. The Morgan fingerprint density at radius 3 is 2.55 bits per heavy atom. The van der Waals surface area contributed by atoms with Crippen molar-refractivity contribution < 1.29 is 17.9 Å². The highest BCUT2D eigenvalue weighted by atomic mass is 35.5. The maximum atomic E-state index is 13.2. The summed E-state index contributed by atoms with van der Waals surface area (Å²) >= 11 is 7.87. The zero-order valence-corrected chi connectivity index (χ0v) is 20.4. The van der Waals surface area contributed by atoms with E-state index in [1.54, 1.807) is 11.3 Å². The van der Waals surface area contributed by atoms with Gasteiger partial charge < -0.3 is 15.0 Å². The number of benzene rings is 1. The fourth-order valence-electron chi connectivity index (χ4n) is 3.62. The molecule has 1 amide bonds. The van der Waals surface area contributed by atoms with E-state index in [1.807, 2.05) is 50.4 Å². The third-order valence-corrected chi connectivity index (χ3v) is 8.43. The van der Waals surface area contributed by atoms with Gasteiger partial charge in [-0.1, -0.05) is 17.7 Å². The van der Waals surface area contributed by atoms with Crippen molar-refractivity contribution in [2.24, 2.45) is 0 Å². The lowest BCUT2D eigenvalue weighted by Gasteiger charge is -2.34. The second kappa shape index (κ2) is 9.97. The first kappa shape index (κ1) is 24.2. The lowest BCUT2D eigenvalue weighted by atomic mass is 10.2. The molecule has 1 N–H and O–H groups in total. The van der Waals surface area contributed by atoms with Crippen molar-refractivity contribution in [3.8, 4) is 0 Å². The van der Waals surface area contributed by atoms with Crippen LogP contribution in [0.5, 0.6) is 0 Å². The van der Waals surface area contributed by atoms with Crippen LogP contribution in [0.1, 0.15) is 35.1 Å². The molecule has 0 saturated carbocycles. The quantitative estimate of drug-likeness (QED) is 0.651. The largest absolute Gasteiger partial charge is 0.373 e. The van der Waals surface area contributed by atoms with Gasteiger partial charge >= 0.3 is 0 Å². The van der Waals surface area contributed by atoms with Gasteiger partial charge in [0.2, 0.25) is 10.0 Å². The minimum Gasteiger partial charge on any atom is -0.373 e. The van der Waals surface area contributed by atoms with E-state index in [9.17, 15) is 13.2 Å². The molecule has 1 aliphatic heterocycles. The van der Waals surface area contributed by atoms with Crippen molar-refractivity contribution in [1.82, 2.24) is 14.5 Å². The van der Waals surface area contributed by atoms with Gasteiger partial charge in [0.1, 0.15) is 4.90 Å². The van der Waals surface area contributed by atoms with Crippen molar-refractivity contribution in [2.75, 3.05) is 33.7 Å². The van der Waals surface area contributed by atoms with Crippen LogP contribution in [0.25, 0.3) is 0 Å². The summed E-state index contributed by atoms with van der Waals surface area (Å²) in [6.45, 7) is 4.54. The lowest BCUT2D eigenvalue weighted by molar-refractivity contribution is -0.0440. The van der Waals surface area contributed by atoms with Gasteiger partial charge in [0.15, 0.2) is 0 Å². The Morgan fingerprint density at radius 2 is 1.97 bits per heavy atom. The topological polar surface area (TPSA) is 79.0 Å². The van der Waals surface area contributed by atoms with Crippen LogP contribution in [0.15, 0.2) is 40.6 Å². The van der Waals surface area contributed by atoms with E-state index in [4.69, 9.17) is 16.3 Å². The van der Waals surface area contributed by atoms with E-state index < -0.39 is 10.0 Å². The SMILES string of the molecule is C[C@@H]1CN(S(=O)(=O)c2cc(C(=O)NC[C@@H](c3cccs3)N(C)C)ccc2Cl)C[C@@H](C)O1. The molecular weight excluding hydrogens is 458 g/mol. The van der Waals surface area contributed by atoms with E-state index in [0.29, 0.717) is 6.54 Å². The summed E-state index contributed by atoms with van der Waals surface area (Å²) < 4.78 is 33.5. The van der Waals surface area contributed by atoms with Crippen LogP contribution in [-0.2, 0) is 14.8 Å². The molecule has 0 aliphatic carbocycles. The van der Waals surface area contributed by atoms with Gasteiger partial charge in [-0.05, 0) is 57.6 Å². The van der Waals surface area contributed by atoms with Crippen molar-refractivity contribution in [2.45, 2.75) is 37.0 Å². The minimum absolute atomic E-state index is 0.0239. The van der Waals surface area contributed by atoms with Gasteiger partial charge in [-0.15, -0.1) is 11.3 Å². The number of likely N-dealkylation sites (N-methyl/N-ethyl adjacent to an activating group) is 1. The molecule has 7 nitrogen and oxygen atoms in total. The fourth-order valence-corrected chi connectivity index (χ4v) is 6.63. The van der Waals surface area contributed by atoms with Gasteiger partial charge in [0, 0.05) is 30.1 Å². The van der Waals surface area contributed by atoms with Crippen molar-refractivity contribution in [3.05, 3.63) is 51.2 Å². The number of hydrogen-bond acceptors (Lipinski definition) is 6. The third kappa shape index (κ3) is 5.66. The molecule has 1 aromatic heterocycles. The van der Waals surface area contributed by atoms with Gasteiger partial charge in [-0.3, -0.25) is 4.79 Å². The second-order valence-corrected chi connectivity index (χ2v) is 11.2. The van der Waals surface area contributed by atoms with Gasteiger partial charge in [-0.25, -0.2) is 8.42 Å². The number of ether oxygens (including phenoxy) is 1. The molecule has 31 heavy (non-hydrogen) atoms. The number of nitrogens with zero attached hydrogens (tertiary/aromatic N) is 2. The van der Waals surface area contributed by atoms with E-state index in [2.05, 4.69) is 5.32 Å². The molecule has 0 spiro atoms. The van der Waals surface area contributed by atoms with Crippen LogP contribution in [0.3, 0.4) is 0 Å². The highest BCUT2D eigenvalue weighted by molar-refractivity contribution is 7.89. The van der Waals surface area contributed by atoms with E-state index in [1.165, 1.54) is 22.5 Å². The van der Waals surface area contributed by atoms with Crippen molar-refractivity contribution >= 4 is 38.9 Å². The fraction of sp³-hybridized carbons (Fsp3) is 0.476. The average Bonchev–Trinajstić information content (AvgIpc) is 3.21. The molecule has 1 aliphatic rings. The number of hydrogen-bond donors (Lipinski definition) is 1. The zero-order valence-electron chi connectivity index (χ0n) is 18.0. The molecule has 10 heteroatoms. The Balaban J connectivity index is 1.79. The summed E-state index contributed by atoms with van der Waals surface area (Å²) in [6, 6.07) is 8.38. The first-order valence-electron chi connectivity index (χ1n) is 10.0. The van der Waals surface area contributed by atoms with Crippen LogP contribution >= 0.6 is 22.9 Å². The van der Waals surface area contributed by atoms with Gasteiger partial charge in [-0.2, -0.15) is 4.31 Å². The molecule has 1 aromatic carbocycles. The van der Waals surface area contributed by atoms with Crippen LogP contribution in [0.2, 0.25) is 5.02 Å². The lowest BCUT2D eigenvalue weighted by Crippen LogP contribution is -2.48. The molecule has 170 valence electrons. The van der Waals surface area contributed by atoms with Crippen LogP contribution in [-0.4, -0.2) is 69.5 Å². The minimum atomic E-state index is -3.86. The van der Waals surface area contributed by atoms with E-state index >= 15 is 0 Å². The number of sulfonamides is 1. The van der Waals surface area contributed by atoms with Crippen molar-refractivity contribution in [1.29, 1.82) is 0 Å².